The van der Waals surface area contributed by atoms with Gasteiger partial charge >= 0.3 is 5.97 Å². The molecule has 0 bridgehead atoms. The minimum Gasteiger partial charge on any atom is -0.481 e. The molecule has 0 radical (unpaired) electrons. The average molecular weight is 201 g/mol. The summed E-state index contributed by atoms with van der Waals surface area (Å²) >= 11 is 0. The molecule has 2 N–H and O–H groups in total. The molecular formula is C10H19NO3. The highest BCUT2D eigenvalue weighted by atomic mass is 16.5. The summed E-state index contributed by atoms with van der Waals surface area (Å²) in [5.41, 5.74) is -0.222. The molecule has 4 nitrogen and oxygen atoms in total. The van der Waals surface area contributed by atoms with Gasteiger partial charge in [0.15, 0.2) is 0 Å². The second-order valence-corrected chi connectivity index (χ2v) is 3.89. The molecule has 1 aliphatic rings. The summed E-state index contributed by atoms with van der Waals surface area (Å²) in [6, 6.07) is 0. The first kappa shape index (κ1) is 11.5. The van der Waals surface area contributed by atoms with Crippen LogP contribution >= 0.6 is 0 Å². The summed E-state index contributed by atoms with van der Waals surface area (Å²) in [6.07, 6.45) is 2.84. The molecule has 0 amide bonds. The first-order chi connectivity index (χ1) is 6.68. The molecule has 1 saturated heterocycles. The van der Waals surface area contributed by atoms with Crippen molar-refractivity contribution in [1.29, 1.82) is 0 Å². The van der Waals surface area contributed by atoms with Crippen molar-refractivity contribution in [3.8, 4) is 0 Å². The standard InChI is InChI=1S/C10H19NO3/c1-2-5-11-10(8-9(12)13)3-6-14-7-4-10/h11H,2-8H2,1H3,(H,12,13). The highest BCUT2D eigenvalue weighted by molar-refractivity contribution is 5.68. The first-order valence-corrected chi connectivity index (χ1v) is 5.23. The van der Waals surface area contributed by atoms with E-state index in [1.54, 1.807) is 0 Å². The van der Waals surface area contributed by atoms with E-state index in [2.05, 4.69) is 12.2 Å². The Morgan fingerprint density at radius 2 is 2.14 bits per heavy atom. The molecule has 0 unspecified atom stereocenters. The topological polar surface area (TPSA) is 58.6 Å². The second kappa shape index (κ2) is 5.32. The predicted octanol–water partition coefficient (Wildman–Crippen LogP) is 1.01. The molecule has 1 rings (SSSR count). The summed E-state index contributed by atoms with van der Waals surface area (Å²) in [5.74, 6) is -0.726. The molecule has 1 heterocycles. The lowest BCUT2D eigenvalue weighted by molar-refractivity contribution is -0.139. The summed E-state index contributed by atoms with van der Waals surface area (Å²) < 4.78 is 5.25. The Morgan fingerprint density at radius 1 is 1.50 bits per heavy atom. The van der Waals surface area contributed by atoms with Crippen molar-refractivity contribution in [2.45, 2.75) is 38.1 Å². The molecule has 4 heteroatoms. The van der Waals surface area contributed by atoms with Crippen molar-refractivity contribution >= 4 is 5.97 Å². The van der Waals surface area contributed by atoms with Crippen LogP contribution < -0.4 is 5.32 Å². The van der Waals surface area contributed by atoms with Gasteiger partial charge in [-0.2, -0.15) is 0 Å². The van der Waals surface area contributed by atoms with E-state index in [4.69, 9.17) is 9.84 Å². The first-order valence-electron chi connectivity index (χ1n) is 5.23. The average Bonchev–Trinajstić information content (AvgIpc) is 2.15. The van der Waals surface area contributed by atoms with E-state index in [9.17, 15) is 4.79 Å². The smallest absolute Gasteiger partial charge is 0.305 e. The minimum absolute atomic E-state index is 0.205. The van der Waals surface area contributed by atoms with Crippen LogP contribution in [0.1, 0.15) is 32.6 Å². The second-order valence-electron chi connectivity index (χ2n) is 3.89. The van der Waals surface area contributed by atoms with E-state index < -0.39 is 5.97 Å². The van der Waals surface area contributed by atoms with Crippen LogP contribution in [0.4, 0.5) is 0 Å². The Labute approximate surface area is 84.6 Å². The van der Waals surface area contributed by atoms with E-state index in [0.29, 0.717) is 13.2 Å². The van der Waals surface area contributed by atoms with Crippen molar-refractivity contribution in [2.75, 3.05) is 19.8 Å². The van der Waals surface area contributed by atoms with Crippen LogP contribution in [0.5, 0.6) is 0 Å². The van der Waals surface area contributed by atoms with Crippen LogP contribution in [0.3, 0.4) is 0 Å². The molecular weight excluding hydrogens is 182 g/mol. The number of rotatable bonds is 5. The van der Waals surface area contributed by atoms with Crippen molar-refractivity contribution in [3.05, 3.63) is 0 Å². The Kier molecular flexibility index (Phi) is 4.35. The summed E-state index contributed by atoms with van der Waals surface area (Å²) in [6.45, 7) is 4.31. The summed E-state index contributed by atoms with van der Waals surface area (Å²) in [5, 5.41) is 12.2. The van der Waals surface area contributed by atoms with Gasteiger partial charge in [-0.05, 0) is 25.8 Å². The van der Waals surface area contributed by atoms with Gasteiger partial charge in [0.1, 0.15) is 0 Å². The fraction of sp³-hybridized carbons (Fsp3) is 0.900. The monoisotopic (exact) mass is 201 g/mol. The van der Waals surface area contributed by atoms with Crippen molar-refractivity contribution in [3.63, 3.8) is 0 Å². The number of nitrogens with one attached hydrogen (secondary N) is 1. The van der Waals surface area contributed by atoms with Crippen molar-refractivity contribution in [1.82, 2.24) is 5.32 Å². The molecule has 1 aliphatic heterocycles. The number of ether oxygens (including phenoxy) is 1. The quantitative estimate of drug-likeness (QED) is 0.697. The van der Waals surface area contributed by atoms with Crippen LogP contribution in [0, 0.1) is 0 Å². The largest absolute Gasteiger partial charge is 0.481 e. The van der Waals surface area contributed by atoms with Gasteiger partial charge in [0.05, 0.1) is 6.42 Å². The SMILES string of the molecule is CCCNC1(CC(=O)O)CCOCC1. The molecule has 0 aromatic heterocycles. The minimum atomic E-state index is -0.726. The fourth-order valence-corrected chi connectivity index (χ4v) is 1.86. The van der Waals surface area contributed by atoms with Gasteiger partial charge in [-0.15, -0.1) is 0 Å². The normalized spacial score (nSPS) is 20.6. The molecule has 1 fully saturated rings. The van der Waals surface area contributed by atoms with Gasteiger partial charge in [0.25, 0.3) is 0 Å². The van der Waals surface area contributed by atoms with Gasteiger partial charge < -0.3 is 15.2 Å². The number of carboxylic acids is 1. The number of hydrogen-bond acceptors (Lipinski definition) is 3. The Morgan fingerprint density at radius 3 is 2.64 bits per heavy atom. The summed E-state index contributed by atoms with van der Waals surface area (Å²) in [7, 11) is 0. The van der Waals surface area contributed by atoms with Gasteiger partial charge in [-0.25, -0.2) is 0 Å². The molecule has 0 aromatic rings. The van der Waals surface area contributed by atoms with Crippen molar-refractivity contribution < 1.29 is 14.6 Å². The molecule has 0 atom stereocenters. The number of aliphatic carboxylic acids is 1. The molecule has 0 saturated carbocycles. The lowest BCUT2D eigenvalue weighted by Gasteiger charge is -2.37. The van der Waals surface area contributed by atoms with Gasteiger partial charge in [-0.3, -0.25) is 4.79 Å². The third-order valence-electron chi connectivity index (χ3n) is 2.69. The number of carbonyl (C=O) groups is 1. The summed E-state index contributed by atoms with van der Waals surface area (Å²) in [4.78, 5) is 10.8. The van der Waals surface area contributed by atoms with E-state index in [1.165, 1.54) is 0 Å². The Balaban J connectivity index is 2.52. The predicted molar refractivity (Wildman–Crippen MR) is 53.3 cm³/mol. The highest BCUT2D eigenvalue weighted by Gasteiger charge is 2.33. The van der Waals surface area contributed by atoms with Gasteiger partial charge in [-0.1, -0.05) is 6.92 Å². The van der Waals surface area contributed by atoms with Crippen molar-refractivity contribution in [2.24, 2.45) is 0 Å². The van der Waals surface area contributed by atoms with Gasteiger partial charge in [0.2, 0.25) is 0 Å². The highest BCUT2D eigenvalue weighted by Crippen LogP contribution is 2.24. The molecule has 0 aromatic carbocycles. The van der Waals surface area contributed by atoms with Crippen LogP contribution in [0.2, 0.25) is 0 Å². The van der Waals surface area contributed by atoms with E-state index >= 15 is 0 Å². The third-order valence-corrected chi connectivity index (χ3v) is 2.69. The fourth-order valence-electron chi connectivity index (χ4n) is 1.86. The van der Waals surface area contributed by atoms with Crippen LogP contribution in [-0.2, 0) is 9.53 Å². The zero-order valence-corrected chi connectivity index (χ0v) is 8.71. The molecule has 0 aliphatic carbocycles. The Bertz CT molecular complexity index is 188. The van der Waals surface area contributed by atoms with Crippen LogP contribution in [0.25, 0.3) is 0 Å². The maximum Gasteiger partial charge on any atom is 0.305 e. The zero-order valence-electron chi connectivity index (χ0n) is 8.71. The van der Waals surface area contributed by atoms with Crippen LogP contribution in [0.15, 0.2) is 0 Å². The maximum atomic E-state index is 10.8. The van der Waals surface area contributed by atoms with E-state index in [1.807, 2.05) is 0 Å². The Hall–Kier alpha value is -0.610. The zero-order chi connectivity index (χ0) is 10.4. The lowest BCUT2D eigenvalue weighted by atomic mass is 9.86. The molecule has 0 spiro atoms. The number of hydrogen-bond donors (Lipinski definition) is 2. The van der Waals surface area contributed by atoms with Crippen LogP contribution in [-0.4, -0.2) is 36.4 Å². The maximum absolute atomic E-state index is 10.8. The third kappa shape index (κ3) is 3.27. The lowest BCUT2D eigenvalue weighted by Crippen LogP contribution is -2.51. The van der Waals surface area contributed by atoms with Gasteiger partial charge in [0, 0.05) is 18.8 Å². The van der Waals surface area contributed by atoms with E-state index in [-0.39, 0.29) is 12.0 Å². The number of carboxylic acid groups (broad SMARTS) is 1. The molecule has 82 valence electrons. The van der Waals surface area contributed by atoms with E-state index in [0.717, 1.165) is 25.8 Å². The molecule has 14 heavy (non-hydrogen) atoms.